The third-order valence-electron chi connectivity index (χ3n) is 4.40. The van der Waals surface area contributed by atoms with Crippen LogP contribution in [0, 0.1) is 5.92 Å². The smallest absolute Gasteiger partial charge is 0.306 e. The molecule has 25 heavy (non-hydrogen) atoms. The van der Waals surface area contributed by atoms with Crippen LogP contribution < -0.4 is 10.6 Å². The predicted octanol–water partition coefficient (Wildman–Crippen LogP) is 1.91. The molecule has 0 aromatic heterocycles. The Morgan fingerprint density at radius 2 is 1.96 bits per heavy atom. The SMILES string of the molecule is CSCCC(NC(=O)c1ccccc1)C(=O)N[C@H]1CC[C@@H](C(=O)O)C1. The number of carboxylic acids is 1. The number of nitrogens with one attached hydrogen (secondary N) is 2. The summed E-state index contributed by atoms with van der Waals surface area (Å²) in [4.78, 5) is 35.9. The molecule has 3 atom stereocenters. The van der Waals surface area contributed by atoms with E-state index in [1.165, 1.54) is 0 Å². The van der Waals surface area contributed by atoms with Crippen LogP contribution in [0.5, 0.6) is 0 Å². The van der Waals surface area contributed by atoms with Gasteiger partial charge in [0.25, 0.3) is 5.91 Å². The van der Waals surface area contributed by atoms with Crippen LogP contribution in [0.2, 0.25) is 0 Å². The van der Waals surface area contributed by atoms with E-state index in [-0.39, 0.29) is 17.9 Å². The number of rotatable bonds is 8. The Labute approximate surface area is 151 Å². The van der Waals surface area contributed by atoms with E-state index in [1.54, 1.807) is 36.0 Å². The molecule has 0 bridgehead atoms. The van der Waals surface area contributed by atoms with Crippen LogP contribution in [0.4, 0.5) is 0 Å². The van der Waals surface area contributed by atoms with Gasteiger partial charge in [0, 0.05) is 11.6 Å². The summed E-state index contributed by atoms with van der Waals surface area (Å²) in [7, 11) is 0. The average Bonchev–Trinajstić information content (AvgIpc) is 3.07. The van der Waals surface area contributed by atoms with Crippen LogP contribution in [0.15, 0.2) is 30.3 Å². The van der Waals surface area contributed by atoms with Crippen molar-refractivity contribution >= 4 is 29.5 Å². The fourth-order valence-electron chi connectivity index (χ4n) is 2.97. The molecule has 1 fully saturated rings. The molecule has 1 saturated carbocycles. The number of carbonyl (C=O) groups is 3. The predicted molar refractivity (Wildman–Crippen MR) is 97.6 cm³/mol. The second kappa shape index (κ2) is 9.46. The second-order valence-electron chi connectivity index (χ2n) is 6.23. The molecule has 0 saturated heterocycles. The highest BCUT2D eigenvalue weighted by Crippen LogP contribution is 2.25. The highest BCUT2D eigenvalue weighted by atomic mass is 32.2. The van der Waals surface area contributed by atoms with Gasteiger partial charge in [-0.3, -0.25) is 14.4 Å². The summed E-state index contributed by atoms with van der Waals surface area (Å²) in [6, 6.07) is 8.02. The molecule has 2 rings (SSSR count). The molecule has 3 N–H and O–H groups in total. The first-order chi connectivity index (χ1) is 12.0. The second-order valence-corrected chi connectivity index (χ2v) is 7.21. The molecule has 0 heterocycles. The Morgan fingerprint density at radius 3 is 2.56 bits per heavy atom. The topological polar surface area (TPSA) is 95.5 Å². The van der Waals surface area contributed by atoms with Crippen molar-refractivity contribution < 1.29 is 19.5 Å². The van der Waals surface area contributed by atoms with E-state index in [2.05, 4.69) is 10.6 Å². The van der Waals surface area contributed by atoms with Crippen molar-refractivity contribution in [1.29, 1.82) is 0 Å². The first-order valence-electron chi connectivity index (χ1n) is 8.39. The number of benzene rings is 1. The summed E-state index contributed by atoms with van der Waals surface area (Å²) in [6.07, 6.45) is 4.16. The quantitative estimate of drug-likeness (QED) is 0.655. The van der Waals surface area contributed by atoms with E-state index >= 15 is 0 Å². The maximum atomic E-state index is 12.6. The van der Waals surface area contributed by atoms with Crippen LogP contribution in [0.1, 0.15) is 36.0 Å². The molecular formula is C18H24N2O4S. The van der Waals surface area contributed by atoms with Crippen LogP contribution in [-0.4, -0.2) is 47.0 Å². The number of carboxylic acid groups (broad SMARTS) is 1. The summed E-state index contributed by atoms with van der Waals surface area (Å²) in [5.74, 6) is -0.983. The molecule has 1 unspecified atom stereocenters. The molecule has 136 valence electrons. The molecule has 0 radical (unpaired) electrons. The van der Waals surface area contributed by atoms with E-state index in [0.717, 1.165) is 5.75 Å². The average molecular weight is 364 g/mol. The van der Waals surface area contributed by atoms with Gasteiger partial charge in [0.05, 0.1) is 5.92 Å². The van der Waals surface area contributed by atoms with Crippen molar-refractivity contribution in [3.05, 3.63) is 35.9 Å². The third-order valence-corrected chi connectivity index (χ3v) is 5.04. The summed E-state index contributed by atoms with van der Waals surface area (Å²) in [5, 5.41) is 14.8. The number of carbonyl (C=O) groups excluding carboxylic acids is 2. The minimum atomic E-state index is -0.812. The fraction of sp³-hybridized carbons (Fsp3) is 0.500. The zero-order chi connectivity index (χ0) is 18.2. The first-order valence-corrected chi connectivity index (χ1v) is 9.78. The van der Waals surface area contributed by atoms with E-state index < -0.39 is 17.9 Å². The zero-order valence-corrected chi connectivity index (χ0v) is 15.1. The zero-order valence-electron chi connectivity index (χ0n) is 14.2. The summed E-state index contributed by atoms with van der Waals surface area (Å²) in [6.45, 7) is 0. The van der Waals surface area contributed by atoms with Crippen LogP contribution in [0.3, 0.4) is 0 Å². The van der Waals surface area contributed by atoms with Gasteiger partial charge in [0.2, 0.25) is 5.91 Å². The number of hydrogen-bond acceptors (Lipinski definition) is 4. The van der Waals surface area contributed by atoms with Gasteiger partial charge >= 0.3 is 5.97 Å². The molecule has 1 aromatic carbocycles. The molecule has 2 amide bonds. The lowest BCUT2D eigenvalue weighted by Gasteiger charge is -2.21. The summed E-state index contributed by atoms with van der Waals surface area (Å²) >= 11 is 1.61. The van der Waals surface area contributed by atoms with Crippen LogP contribution in [-0.2, 0) is 9.59 Å². The van der Waals surface area contributed by atoms with Gasteiger partial charge in [-0.2, -0.15) is 11.8 Å². The van der Waals surface area contributed by atoms with Crippen molar-refractivity contribution in [1.82, 2.24) is 10.6 Å². The Bertz CT molecular complexity index is 608. The van der Waals surface area contributed by atoms with Gasteiger partial charge in [-0.1, -0.05) is 18.2 Å². The highest BCUT2D eigenvalue weighted by molar-refractivity contribution is 7.98. The van der Waals surface area contributed by atoms with Crippen molar-refractivity contribution in [2.75, 3.05) is 12.0 Å². The Morgan fingerprint density at radius 1 is 1.24 bits per heavy atom. The van der Waals surface area contributed by atoms with Crippen molar-refractivity contribution in [2.24, 2.45) is 5.92 Å². The van der Waals surface area contributed by atoms with Gasteiger partial charge < -0.3 is 15.7 Å². The van der Waals surface area contributed by atoms with E-state index in [9.17, 15) is 14.4 Å². The number of amides is 2. The van der Waals surface area contributed by atoms with Crippen LogP contribution in [0.25, 0.3) is 0 Å². The third kappa shape index (κ3) is 5.77. The normalized spacial score (nSPS) is 20.7. The molecule has 6 nitrogen and oxygen atoms in total. The number of hydrogen-bond donors (Lipinski definition) is 3. The maximum Gasteiger partial charge on any atom is 0.306 e. The van der Waals surface area contributed by atoms with E-state index in [0.29, 0.717) is 31.2 Å². The molecular weight excluding hydrogens is 340 g/mol. The molecule has 7 heteroatoms. The maximum absolute atomic E-state index is 12.6. The van der Waals surface area contributed by atoms with Crippen LogP contribution >= 0.6 is 11.8 Å². The first kappa shape index (κ1) is 19.3. The number of aliphatic carboxylic acids is 1. The largest absolute Gasteiger partial charge is 0.481 e. The Balaban J connectivity index is 1.95. The molecule has 0 spiro atoms. The van der Waals surface area contributed by atoms with E-state index in [4.69, 9.17) is 5.11 Å². The molecule has 0 aliphatic heterocycles. The highest BCUT2D eigenvalue weighted by Gasteiger charge is 2.32. The Hall–Kier alpha value is -2.02. The minimum absolute atomic E-state index is 0.140. The lowest BCUT2D eigenvalue weighted by atomic mass is 10.1. The van der Waals surface area contributed by atoms with Gasteiger partial charge in [0.1, 0.15) is 6.04 Å². The Kier molecular flexibility index (Phi) is 7.31. The van der Waals surface area contributed by atoms with Gasteiger partial charge in [-0.25, -0.2) is 0 Å². The van der Waals surface area contributed by atoms with Crippen molar-refractivity contribution in [3.8, 4) is 0 Å². The van der Waals surface area contributed by atoms with Gasteiger partial charge in [-0.15, -0.1) is 0 Å². The molecule has 1 aliphatic rings. The fourth-order valence-corrected chi connectivity index (χ4v) is 3.45. The lowest BCUT2D eigenvalue weighted by Crippen LogP contribution is -2.49. The lowest BCUT2D eigenvalue weighted by molar-refractivity contribution is -0.141. The standard InChI is InChI=1S/C18H24N2O4S/c1-25-10-9-15(20-16(21)12-5-3-2-4-6-12)17(22)19-14-8-7-13(11-14)18(23)24/h2-6,13-15H,7-11H2,1H3,(H,19,22)(H,20,21)(H,23,24)/t13-,14+,15?/m1/s1. The molecule has 1 aliphatic carbocycles. The molecule has 1 aromatic rings. The van der Waals surface area contributed by atoms with Gasteiger partial charge in [0.15, 0.2) is 0 Å². The minimum Gasteiger partial charge on any atom is -0.481 e. The van der Waals surface area contributed by atoms with E-state index in [1.807, 2.05) is 12.3 Å². The number of thioether (sulfide) groups is 1. The summed E-state index contributed by atoms with van der Waals surface area (Å²) in [5.41, 5.74) is 0.510. The summed E-state index contributed by atoms with van der Waals surface area (Å²) < 4.78 is 0. The van der Waals surface area contributed by atoms with Crippen molar-refractivity contribution in [2.45, 2.75) is 37.8 Å². The van der Waals surface area contributed by atoms with Crippen molar-refractivity contribution in [3.63, 3.8) is 0 Å². The monoisotopic (exact) mass is 364 g/mol. The van der Waals surface area contributed by atoms with Gasteiger partial charge in [-0.05, 0) is 49.8 Å².